The van der Waals surface area contributed by atoms with Crippen LogP contribution in [0.5, 0.6) is 0 Å². The molecule has 3 rings (SSSR count). The number of hydrogen-bond donors (Lipinski definition) is 3. The van der Waals surface area contributed by atoms with Crippen LogP contribution in [0.2, 0.25) is 0 Å². The van der Waals surface area contributed by atoms with Crippen LogP contribution in [0.15, 0.2) is 48.5 Å². The first-order chi connectivity index (χ1) is 11.5. The number of carbonyl (C=O) groups excluding carboxylic acids is 1. The summed E-state index contributed by atoms with van der Waals surface area (Å²) in [4.78, 5) is 12.1. The topological polar surface area (TPSA) is 61.4 Å². The van der Waals surface area contributed by atoms with Crippen molar-refractivity contribution in [3.05, 3.63) is 65.5 Å². The second kappa shape index (κ2) is 7.11. The van der Waals surface area contributed by atoms with E-state index in [-0.39, 0.29) is 30.2 Å². The first kappa shape index (κ1) is 16.6. The van der Waals surface area contributed by atoms with Gasteiger partial charge in [-0.2, -0.15) is 0 Å². The van der Waals surface area contributed by atoms with Crippen molar-refractivity contribution in [3.8, 4) is 0 Å². The van der Waals surface area contributed by atoms with Crippen LogP contribution in [0.1, 0.15) is 30.5 Å². The molecule has 0 saturated heterocycles. The normalized spacial score (nSPS) is 20.5. The molecule has 1 amide bonds. The lowest BCUT2D eigenvalue weighted by Gasteiger charge is -2.23. The van der Waals surface area contributed by atoms with Gasteiger partial charge in [0, 0.05) is 24.6 Å². The number of nitrogens with one attached hydrogen (secondary N) is 2. The Morgan fingerprint density at radius 3 is 2.71 bits per heavy atom. The predicted octanol–water partition coefficient (Wildman–Crippen LogP) is 2.79. The summed E-state index contributed by atoms with van der Waals surface area (Å²) in [5.74, 6) is -0.487. The van der Waals surface area contributed by atoms with Gasteiger partial charge in [-0.1, -0.05) is 24.3 Å². The highest BCUT2D eigenvalue weighted by molar-refractivity contribution is 5.91. The zero-order valence-corrected chi connectivity index (χ0v) is 13.5. The van der Waals surface area contributed by atoms with Gasteiger partial charge in [-0.25, -0.2) is 4.39 Å². The number of aliphatic hydroxyl groups is 1. The molecule has 5 heteroatoms. The maximum absolute atomic E-state index is 12.9. The van der Waals surface area contributed by atoms with E-state index >= 15 is 0 Å². The average molecular weight is 328 g/mol. The molecule has 2 aromatic carbocycles. The van der Waals surface area contributed by atoms with Gasteiger partial charge in [0.05, 0.1) is 12.1 Å². The number of aliphatic hydroxyl groups excluding tert-OH is 1. The minimum atomic E-state index is -0.481. The number of carbonyl (C=O) groups is 1. The average Bonchev–Trinajstić information content (AvgIpc) is 2.85. The van der Waals surface area contributed by atoms with Gasteiger partial charge in [0.1, 0.15) is 5.82 Å². The van der Waals surface area contributed by atoms with Gasteiger partial charge in [0.15, 0.2) is 0 Å². The zero-order valence-electron chi connectivity index (χ0n) is 13.5. The van der Waals surface area contributed by atoms with Crippen LogP contribution < -0.4 is 10.6 Å². The molecule has 1 aliphatic rings. The molecule has 126 valence electrons. The third kappa shape index (κ3) is 3.80. The highest BCUT2D eigenvalue weighted by Crippen LogP contribution is 2.31. The first-order valence-electron chi connectivity index (χ1n) is 8.10. The summed E-state index contributed by atoms with van der Waals surface area (Å²) in [5, 5.41) is 16.3. The fourth-order valence-corrected chi connectivity index (χ4v) is 3.16. The van der Waals surface area contributed by atoms with Crippen molar-refractivity contribution in [3.63, 3.8) is 0 Å². The second-order valence-corrected chi connectivity index (χ2v) is 6.27. The van der Waals surface area contributed by atoms with E-state index in [1.165, 1.54) is 24.3 Å². The lowest BCUT2D eigenvalue weighted by atomic mass is 10.1. The minimum absolute atomic E-state index is 0.101. The predicted molar refractivity (Wildman–Crippen MR) is 91.1 cm³/mol. The van der Waals surface area contributed by atoms with Crippen molar-refractivity contribution in [2.24, 2.45) is 0 Å². The monoisotopic (exact) mass is 328 g/mol. The van der Waals surface area contributed by atoms with Crippen LogP contribution in [0.4, 0.5) is 10.1 Å². The number of amides is 1. The van der Waals surface area contributed by atoms with E-state index in [1.807, 2.05) is 31.2 Å². The van der Waals surface area contributed by atoms with Crippen LogP contribution in [-0.4, -0.2) is 23.2 Å². The van der Waals surface area contributed by atoms with E-state index in [0.29, 0.717) is 12.1 Å². The third-order valence-corrected chi connectivity index (χ3v) is 4.29. The van der Waals surface area contributed by atoms with Crippen molar-refractivity contribution in [2.75, 3.05) is 5.32 Å². The maximum Gasteiger partial charge on any atom is 0.225 e. The van der Waals surface area contributed by atoms with Gasteiger partial charge >= 0.3 is 0 Å². The van der Waals surface area contributed by atoms with Gasteiger partial charge in [0.2, 0.25) is 5.91 Å². The lowest BCUT2D eigenvalue weighted by Crippen LogP contribution is -2.37. The maximum atomic E-state index is 12.9. The fourth-order valence-electron chi connectivity index (χ4n) is 3.16. The highest BCUT2D eigenvalue weighted by Gasteiger charge is 2.31. The Labute approximate surface area is 140 Å². The molecule has 24 heavy (non-hydrogen) atoms. The van der Waals surface area contributed by atoms with E-state index in [1.54, 1.807) is 0 Å². The molecular weight excluding hydrogens is 307 g/mol. The quantitative estimate of drug-likeness (QED) is 0.791. The first-order valence-corrected chi connectivity index (χ1v) is 8.10. The van der Waals surface area contributed by atoms with Crippen LogP contribution in [0, 0.1) is 5.82 Å². The second-order valence-electron chi connectivity index (χ2n) is 6.27. The fraction of sp³-hybridized carbons (Fsp3) is 0.316. The minimum Gasteiger partial charge on any atom is -0.391 e. The number of hydrogen-bond acceptors (Lipinski definition) is 3. The molecule has 0 bridgehead atoms. The Kier molecular flexibility index (Phi) is 4.92. The smallest absolute Gasteiger partial charge is 0.225 e. The number of benzene rings is 2. The molecule has 0 radical (unpaired) electrons. The van der Waals surface area contributed by atoms with Gasteiger partial charge in [0.25, 0.3) is 0 Å². The van der Waals surface area contributed by atoms with Gasteiger partial charge in [-0.15, -0.1) is 0 Å². The molecule has 0 aliphatic heterocycles. The van der Waals surface area contributed by atoms with E-state index in [0.717, 1.165) is 11.1 Å². The highest BCUT2D eigenvalue weighted by atomic mass is 19.1. The van der Waals surface area contributed by atoms with Crippen LogP contribution >= 0.6 is 0 Å². The summed E-state index contributed by atoms with van der Waals surface area (Å²) in [5.41, 5.74) is 2.81. The number of halogens is 1. The largest absolute Gasteiger partial charge is 0.391 e. The molecule has 0 aromatic heterocycles. The third-order valence-electron chi connectivity index (χ3n) is 4.29. The van der Waals surface area contributed by atoms with Crippen molar-refractivity contribution in [2.45, 2.75) is 38.0 Å². The van der Waals surface area contributed by atoms with Crippen molar-refractivity contribution in [1.82, 2.24) is 5.32 Å². The Bertz CT molecular complexity index is 718. The molecule has 1 aliphatic carbocycles. The van der Waals surface area contributed by atoms with E-state index in [2.05, 4.69) is 10.6 Å². The van der Waals surface area contributed by atoms with Gasteiger partial charge in [-0.3, -0.25) is 4.79 Å². The summed E-state index contributed by atoms with van der Waals surface area (Å²) in [6.07, 6.45) is 0.412. The molecule has 0 spiro atoms. The SMILES string of the molecule is CC(CC(=O)Nc1ccc(F)cc1)NC1c2ccccc2CC1O. The summed E-state index contributed by atoms with van der Waals surface area (Å²) in [6, 6.07) is 13.4. The van der Waals surface area contributed by atoms with Gasteiger partial charge in [-0.05, 0) is 42.3 Å². The number of rotatable bonds is 5. The molecule has 0 saturated carbocycles. The summed E-state index contributed by atoms with van der Waals surface area (Å²) < 4.78 is 12.9. The molecule has 4 nitrogen and oxygen atoms in total. The molecule has 0 fully saturated rings. The van der Waals surface area contributed by atoms with Crippen LogP contribution in [0.3, 0.4) is 0 Å². The Hall–Kier alpha value is -2.24. The number of fused-ring (bicyclic) bond motifs is 1. The van der Waals surface area contributed by atoms with E-state index in [4.69, 9.17) is 0 Å². The van der Waals surface area contributed by atoms with Crippen molar-refractivity contribution < 1.29 is 14.3 Å². The molecule has 2 aromatic rings. The summed E-state index contributed by atoms with van der Waals surface area (Å²) in [7, 11) is 0. The molecular formula is C19H21FN2O2. The standard InChI is InChI=1S/C19H21FN2O2/c1-12(10-18(24)22-15-8-6-14(20)7-9-15)21-19-16-5-3-2-4-13(16)11-17(19)23/h2-9,12,17,19,21,23H,10-11H2,1H3,(H,22,24). The van der Waals surface area contributed by atoms with Crippen molar-refractivity contribution in [1.29, 1.82) is 0 Å². The summed E-state index contributed by atoms with van der Waals surface area (Å²) in [6.45, 7) is 1.91. The zero-order chi connectivity index (χ0) is 17.1. The Balaban J connectivity index is 1.56. The van der Waals surface area contributed by atoms with E-state index in [9.17, 15) is 14.3 Å². The molecule has 3 N–H and O–H groups in total. The molecule has 3 unspecified atom stereocenters. The summed E-state index contributed by atoms with van der Waals surface area (Å²) >= 11 is 0. The van der Waals surface area contributed by atoms with E-state index < -0.39 is 6.10 Å². The Morgan fingerprint density at radius 2 is 1.96 bits per heavy atom. The molecule has 0 heterocycles. The van der Waals surface area contributed by atoms with Crippen LogP contribution in [0.25, 0.3) is 0 Å². The molecule has 3 atom stereocenters. The van der Waals surface area contributed by atoms with Crippen molar-refractivity contribution >= 4 is 11.6 Å². The number of anilines is 1. The van der Waals surface area contributed by atoms with Crippen LogP contribution in [-0.2, 0) is 11.2 Å². The van der Waals surface area contributed by atoms with Gasteiger partial charge < -0.3 is 15.7 Å². The Morgan fingerprint density at radius 1 is 1.25 bits per heavy atom. The lowest BCUT2D eigenvalue weighted by molar-refractivity contribution is -0.116.